The highest BCUT2D eigenvalue weighted by molar-refractivity contribution is 5.95. The van der Waals surface area contributed by atoms with Crippen LogP contribution in [0.1, 0.15) is 55.2 Å². The summed E-state index contributed by atoms with van der Waals surface area (Å²) < 4.78 is 12.6. The molecule has 3 heterocycles. The van der Waals surface area contributed by atoms with E-state index in [1.54, 1.807) is 0 Å². The number of benzene rings is 3. The van der Waals surface area contributed by atoms with E-state index in [0.717, 1.165) is 12.1 Å². The van der Waals surface area contributed by atoms with Gasteiger partial charge in [-0.3, -0.25) is 9.59 Å². The number of ether oxygens (including phenoxy) is 2. The minimum absolute atomic E-state index is 0.0220. The number of aliphatic hydroxyl groups excluding tert-OH is 1. The number of rotatable bonds is 8. The third-order valence-electron chi connectivity index (χ3n) is 10.2. The first-order chi connectivity index (χ1) is 22.0. The standard InChI is InChI=1S/C37H41N3O5/c1-2-44-35-30(16-9-21-41)32(29-15-8-14-28-27-13-7-6-10-25(27)22-31(28)29)23-33(45-35)34(42)39-19-17-37(18-20-39)36(43)38-24-40(37)26-11-4-3-5-12-26/h3-8,10-15,23,30,32,35,41H,2,9,16-22,24H2,1H3,(H,38,43)/t30-,32-,35-/m0/s1. The maximum Gasteiger partial charge on any atom is 0.288 e. The van der Waals surface area contributed by atoms with Crippen molar-refractivity contribution in [2.45, 2.75) is 56.8 Å². The Morgan fingerprint density at radius 2 is 1.78 bits per heavy atom. The molecule has 3 atom stereocenters. The van der Waals surface area contributed by atoms with Crippen LogP contribution in [0.2, 0.25) is 0 Å². The first-order valence-electron chi connectivity index (χ1n) is 16.3. The fourth-order valence-corrected chi connectivity index (χ4v) is 7.88. The summed E-state index contributed by atoms with van der Waals surface area (Å²) in [5.41, 5.74) is 6.60. The molecule has 0 aromatic heterocycles. The highest BCUT2D eigenvalue weighted by Gasteiger charge is 2.51. The van der Waals surface area contributed by atoms with Crippen LogP contribution in [0.15, 0.2) is 84.6 Å². The van der Waals surface area contributed by atoms with Crippen LogP contribution in [0.5, 0.6) is 0 Å². The van der Waals surface area contributed by atoms with Crippen LogP contribution in [-0.2, 0) is 25.5 Å². The Bertz CT molecular complexity index is 1600. The van der Waals surface area contributed by atoms with E-state index in [1.807, 2.05) is 48.2 Å². The summed E-state index contributed by atoms with van der Waals surface area (Å²) in [6.45, 7) is 3.83. The highest BCUT2D eigenvalue weighted by Crippen LogP contribution is 2.46. The molecule has 234 valence electrons. The van der Waals surface area contributed by atoms with Crippen LogP contribution in [-0.4, -0.2) is 66.6 Å². The van der Waals surface area contributed by atoms with Crippen LogP contribution in [0.25, 0.3) is 11.1 Å². The molecule has 0 unspecified atom stereocenters. The monoisotopic (exact) mass is 607 g/mol. The summed E-state index contributed by atoms with van der Waals surface area (Å²) in [6.07, 6.45) is 4.63. The number of anilines is 1. The molecule has 1 spiro atoms. The van der Waals surface area contributed by atoms with Gasteiger partial charge in [0.05, 0.1) is 6.67 Å². The Kier molecular flexibility index (Phi) is 8.10. The maximum atomic E-state index is 14.2. The van der Waals surface area contributed by atoms with Crippen molar-refractivity contribution in [3.8, 4) is 11.1 Å². The Morgan fingerprint density at radius 3 is 2.56 bits per heavy atom. The molecule has 4 aliphatic rings. The molecule has 0 bridgehead atoms. The second kappa shape index (κ2) is 12.3. The third-order valence-corrected chi connectivity index (χ3v) is 10.2. The lowest BCUT2D eigenvalue weighted by atomic mass is 9.78. The summed E-state index contributed by atoms with van der Waals surface area (Å²) in [5, 5.41) is 12.8. The van der Waals surface area contributed by atoms with Crippen molar-refractivity contribution in [3.05, 3.63) is 101 Å². The van der Waals surface area contributed by atoms with E-state index in [0.29, 0.717) is 57.8 Å². The fraction of sp³-hybridized carbons (Fsp3) is 0.405. The van der Waals surface area contributed by atoms with Gasteiger partial charge < -0.3 is 29.7 Å². The molecule has 45 heavy (non-hydrogen) atoms. The quantitative estimate of drug-likeness (QED) is 0.294. The zero-order valence-corrected chi connectivity index (χ0v) is 25.8. The lowest BCUT2D eigenvalue weighted by Gasteiger charge is -2.44. The van der Waals surface area contributed by atoms with Crippen molar-refractivity contribution in [1.29, 1.82) is 0 Å². The van der Waals surface area contributed by atoms with Crippen LogP contribution in [0.3, 0.4) is 0 Å². The number of amides is 2. The van der Waals surface area contributed by atoms with E-state index in [2.05, 4.69) is 52.7 Å². The van der Waals surface area contributed by atoms with Crippen molar-refractivity contribution in [1.82, 2.24) is 10.2 Å². The molecule has 3 aromatic rings. The largest absolute Gasteiger partial charge is 0.459 e. The van der Waals surface area contributed by atoms with Gasteiger partial charge in [0.25, 0.3) is 5.91 Å². The van der Waals surface area contributed by atoms with Crippen molar-refractivity contribution >= 4 is 17.5 Å². The first kappa shape index (κ1) is 29.6. The number of hydrogen-bond acceptors (Lipinski definition) is 6. The lowest BCUT2D eigenvalue weighted by Crippen LogP contribution is -2.57. The predicted octanol–water partition coefficient (Wildman–Crippen LogP) is 4.96. The van der Waals surface area contributed by atoms with E-state index in [9.17, 15) is 14.7 Å². The number of para-hydroxylation sites is 1. The maximum absolute atomic E-state index is 14.2. The van der Waals surface area contributed by atoms with Crippen molar-refractivity contribution in [2.24, 2.45) is 5.92 Å². The molecule has 0 saturated carbocycles. The van der Waals surface area contributed by atoms with Gasteiger partial charge in [-0.2, -0.15) is 0 Å². The number of fused-ring (bicyclic) bond motifs is 3. The van der Waals surface area contributed by atoms with E-state index in [4.69, 9.17) is 9.47 Å². The van der Waals surface area contributed by atoms with Gasteiger partial charge in [0.1, 0.15) is 5.54 Å². The lowest BCUT2D eigenvalue weighted by molar-refractivity contribution is -0.171. The number of carbonyl (C=O) groups is 2. The van der Waals surface area contributed by atoms with Crippen LogP contribution < -0.4 is 10.2 Å². The topological polar surface area (TPSA) is 91.3 Å². The zero-order chi connectivity index (χ0) is 31.0. The van der Waals surface area contributed by atoms with Gasteiger partial charge >= 0.3 is 0 Å². The van der Waals surface area contributed by atoms with Crippen LogP contribution >= 0.6 is 0 Å². The fourth-order valence-electron chi connectivity index (χ4n) is 7.88. The Hall–Kier alpha value is -4.14. The van der Waals surface area contributed by atoms with Gasteiger partial charge in [-0.15, -0.1) is 0 Å². The van der Waals surface area contributed by atoms with E-state index >= 15 is 0 Å². The van der Waals surface area contributed by atoms with Gasteiger partial charge in [-0.05, 0) is 85.1 Å². The summed E-state index contributed by atoms with van der Waals surface area (Å²) >= 11 is 0. The second-order valence-electron chi connectivity index (χ2n) is 12.5. The summed E-state index contributed by atoms with van der Waals surface area (Å²) in [4.78, 5) is 31.3. The minimum atomic E-state index is -0.675. The minimum Gasteiger partial charge on any atom is -0.459 e. The average molecular weight is 608 g/mol. The molecule has 0 radical (unpaired) electrons. The molecular formula is C37H41N3O5. The van der Waals surface area contributed by atoms with Gasteiger partial charge in [0, 0.05) is 43.8 Å². The molecule has 2 N–H and O–H groups in total. The second-order valence-corrected chi connectivity index (χ2v) is 12.5. The Morgan fingerprint density at radius 1 is 1.02 bits per heavy atom. The number of likely N-dealkylation sites (tertiary alicyclic amines) is 1. The molecule has 2 saturated heterocycles. The Balaban J connectivity index is 1.18. The highest BCUT2D eigenvalue weighted by atomic mass is 16.7. The molecule has 2 fully saturated rings. The average Bonchev–Trinajstić information content (AvgIpc) is 3.61. The van der Waals surface area contributed by atoms with Crippen molar-refractivity contribution < 1.29 is 24.2 Å². The van der Waals surface area contributed by atoms with Gasteiger partial charge in [-0.25, -0.2) is 0 Å². The number of aliphatic hydroxyl groups is 1. The van der Waals surface area contributed by atoms with E-state index in [1.165, 1.54) is 27.8 Å². The van der Waals surface area contributed by atoms with Gasteiger partial charge in [0.2, 0.25) is 12.2 Å². The SMILES string of the molecule is CCO[C@H]1OC(C(=O)N2CCC3(CC2)C(=O)NCN3c2ccccc2)=C[C@@H](c2cccc3c2Cc2ccccc2-3)[C@@H]1CCCO. The first-order valence-corrected chi connectivity index (χ1v) is 16.3. The number of piperidine rings is 1. The summed E-state index contributed by atoms with van der Waals surface area (Å²) in [6, 6.07) is 25.0. The molecule has 8 nitrogen and oxygen atoms in total. The van der Waals surface area contributed by atoms with Gasteiger partial charge in [-0.1, -0.05) is 60.7 Å². The van der Waals surface area contributed by atoms with Crippen molar-refractivity contribution in [3.63, 3.8) is 0 Å². The normalized spacial score (nSPS) is 23.3. The molecule has 3 aromatic carbocycles. The van der Waals surface area contributed by atoms with E-state index in [-0.39, 0.29) is 30.3 Å². The van der Waals surface area contributed by atoms with E-state index < -0.39 is 11.8 Å². The Labute approximate surface area is 264 Å². The molecular weight excluding hydrogens is 566 g/mol. The summed E-state index contributed by atoms with van der Waals surface area (Å²) in [7, 11) is 0. The molecule has 7 rings (SSSR count). The van der Waals surface area contributed by atoms with Crippen LogP contribution in [0.4, 0.5) is 5.69 Å². The molecule has 1 aliphatic carbocycles. The number of nitrogens with zero attached hydrogens (tertiary/aromatic N) is 2. The number of carbonyl (C=O) groups excluding carboxylic acids is 2. The van der Waals surface area contributed by atoms with Crippen LogP contribution in [0, 0.1) is 5.92 Å². The molecule has 8 heteroatoms. The molecule has 2 amide bonds. The van der Waals surface area contributed by atoms with Crippen molar-refractivity contribution in [2.75, 3.05) is 37.9 Å². The molecule has 3 aliphatic heterocycles. The predicted molar refractivity (Wildman–Crippen MR) is 172 cm³/mol. The third kappa shape index (κ3) is 5.20. The van der Waals surface area contributed by atoms with Gasteiger partial charge in [0.15, 0.2) is 5.76 Å². The number of nitrogens with one attached hydrogen (secondary N) is 1. The number of hydrogen-bond donors (Lipinski definition) is 2. The number of allylic oxidation sites excluding steroid dienone is 1. The zero-order valence-electron chi connectivity index (χ0n) is 25.8. The summed E-state index contributed by atoms with van der Waals surface area (Å²) in [5.74, 6) is -0.0153. The smallest absolute Gasteiger partial charge is 0.288 e.